The van der Waals surface area contributed by atoms with Crippen LogP contribution in [0.25, 0.3) is 11.6 Å². The van der Waals surface area contributed by atoms with Crippen molar-refractivity contribution in [3.05, 3.63) is 75.9 Å². The lowest BCUT2D eigenvalue weighted by Crippen LogP contribution is -2.34. The van der Waals surface area contributed by atoms with Gasteiger partial charge in [0.1, 0.15) is 11.6 Å². The molecule has 2 aromatic carbocycles. The van der Waals surface area contributed by atoms with Crippen LogP contribution in [0.2, 0.25) is 0 Å². The predicted octanol–water partition coefficient (Wildman–Crippen LogP) is 5.20. The van der Waals surface area contributed by atoms with Crippen LogP contribution in [0.4, 0.5) is 20.6 Å². The minimum Gasteiger partial charge on any atom is -0.497 e. The number of carbonyl (C=O) groups is 4. The first-order valence-corrected chi connectivity index (χ1v) is 12.6. The molecule has 11 heteroatoms. The Morgan fingerprint density at radius 2 is 1.90 bits per heavy atom. The van der Waals surface area contributed by atoms with E-state index in [2.05, 4.69) is 20.9 Å². The largest absolute Gasteiger partial charge is 0.497 e. The zero-order chi connectivity index (χ0) is 29.1. The van der Waals surface area contributed by atoms with Gasteiger partial charge in [-0.05, 0) is 67.7 Å². The fourth-order valence-electron chi connectivity index (χ4n) is 4.91. The fourth-order valence-corrected chi connectivity index (χ4v) is 4.91. The minimum atomic E-state index is -0.929. The molecule has 1 aromatic heterocycles. The predicted molar refractivity (Wildman–Crippen MR) is 148 cm³/mol. The maximum atomic E-state index is 14.2. The van der Waals surface area contributed by atoms with Crippen molar-refractivity contribution in [2.75, 3.05) is 17.7 Å². The number of carbonyl (C=O) groups excluding carboxylic acids is 3. The lowest BCUT2D eigenvalue weighted by molar-refractivity contribution is -0.137. The zero-order valence-electron chi connectivity index (χ0n) is 22.4. The third-order valence-corrected chi connectivity index (χ3v) is 6.85. The number of imide groups is 1. The van der Waals surface area contributed by atoms with E-state index in [1.807, 2.05) is 20.8 Å². The Bertz CT molecular complexity index is 1560. The second kappa shape index (κ2) is 11.4. The van der Waals surface area contributed by atoms with Crippen LogP contribution >= 0.6 is 0 Å². The normalized spacial score (nSPS) is 13.9. The van der Waals surface area contributed by atoms with Gasteiger partial charge in [0.05, 0.1) is 30.4 Å². The highest BCUT2D eigenvalue weighted by Gasteiger charge is 2.27. The molecule has 5 N–H and O–H groups in total. The summed E-state index contributed by atoms with van der Waals surface area (Å²) >= 11 is 0. The van der Waals surface area contributed by atoms with E-state index < -0.39 is 23.7 Å². The molecular weight excluding hydrogens is 519 g/mol. The highest BCUT2D eigenvalue weighted by molar-refractivity contribution is 6.35. The van der Waals surface area contributed by atoms with Crippen molar-refractivity contribution >= 4 is 46.8 Å². The third-order valence-electron chi connectivity index (χ3n) is 6.85. The molecule has 4 rings (SSSR count). The molecule has 0 bridgehead atoms. The number of hydrogen-bond acceptors (Lipinski definition) is 5. The first-order chi connectivity index (χ1) is 19.0. The Balaban J connectivity index is 1.52. The van der Waals surface area contributed by atoms with Gasteiger partial charge in [0.2, 0.25) is 0 Å². The number of H-pyrrole nitrogens is 1. The highest BCUT2D eigenvalue weighted by Crippen LogP contribution is 2.37. The Labute approximate surface area is 229 Å². The molecule has 1 aliphatic rings. The van der Waals surface area contributed by atoms with Crippen molar-refractivity contribution in [2.45, 2.75) is 39.5 Å². The van der Waals surface area contributed by atoms with Crippen molar-refractivity contribution in [3.63, 3.8) is 0 Å². The molecule has 0 aliphatic carbocycles. The van der Waals surface area contributed by atoms with Gasteiger partial charge in [-0.25, -0.2) is 9.18 Å². The molecule has 10 nitrogen and oxygen atoms in total. The molecule has 0 saturated heterocycles. The van der Waals surface area contributed by atoms with Crippen molar-refractivity contribution < 1.29 is 33.4 Å². The Hall–Kier alpha value is -4.93. The molecule has 40 heavy (non-hydrogen) atoms. The molecule has 1 aliphatic heterocycles. The summed E-state index contributed by atoms with van der Waals surface area (Å²) in [5, 5.41) is 16.6. The summed E-state index contributed by atoms with van der Waals surface area (Å²) in [6.45, 7) is 5.72. The van der Waals surface area contributed by atoms with Crippen LogP contribution in [0, 0.1) is 19.7 Å². The first-order valence-electron chi connectivity index (χ1n) is 12.6. The van der Waals surface area contributed by atoms with E-state index in [1.54, 1.807) is 24.3 Å². The zero-order valence-corrected chi connectivity index (χ0v) is 22.4. The Kier molecular flexibility index (Phi) is 8.03. The molecule has 1 atom stereocenters. The maximum Gasteiger partial charge on any atom is 0.326 e. The monoisotopic (exact) mass is 548 g/mol. The molecule has 0 fully saturated rings. The number of nitrogens with one attached hydrogen (secondary N) is 4. The van der Waals surface area contributed by atoms with Crippen LogP contribution in [0.5, 0.6) is 5.75 Å². The van der Waals surface area contributed by atoms with Crippen molar-refractivity contribution in [1.82, 2.24) is 10.3 Å². The molecule has 208 valence electrons. The van der Waals surface area contributed by atoms with Gasteiger partial charge in [-0.3, -0.25) is 19.7 Å². The van der Waals surface area contributed by atoms with E-state index in [0.717, 1.165) is 22.9 Å². The van der Waals surface area contributed by atoms with Gasteiger partial charge in [-0.1, -0.05) is 13.0 Å². The summed E-state index contributed by atoms with van der Waals surface area (Å²) in [5.74, 6) is -2.90. The number of aromatic nitrogens is 1. The van der Waals surface area contributed by atoms with Gasteiger partial charge >= 0.3 is 12.0 Å². The third kappa shape index (κ3) is 5.73. The number of methoxy groups -OCH3 is 1. The van der Waals surface area contributed by atoms with E-state index >= 15 is 0 Å². The molecular formula is C29H29FN4O6. The summed E-state index contributed by atoms with van der Waals surface area (Å²) in [6.07, 6.45) is 2.40. The number of rotatable bonds is 8. The number of aliphatic carboxylic acids is 1. The number of aryl methyl sites for hydroxylation is 1. The quantitative estimate of drug-likeness (QED) is 0.244. The maximum absolute atomic E-state index is 14.2. The number of ether oxygens (including phenoxy) is 1. The van der Waals surface area contributed by atoms with Gasteiger partial charge in [0.25, 0.3) is 11.8 Å². The van der Waals surface area contributed by atoms with E-state index in [-0.39, 0.29) is 29.6 Å². The van der Waals surface area contributed by atoms with Crippen LogP contribution < -0.4 is 20.7 Å². The van der Waals surface area contributed by atoms with Gasteiger partial charge in [0, 0.05) is 28.7 Å². The summed E-state index contributed by atoms with van der Waals surface area (Å²) in [7, 11) is 1.37. The van der Waals surface area contributed by atoms with Gasteiger partial charge in [0.15, 0.2) is 0 Å². The molecule has 4 amide bonds. The SMILES string of the molecule is CCC(CC(=O)O)c1c(C)[nH]c(/C=C2\C(=O)Nc3cc(NC(=O)NC(=O)c4ccc(OC)cc4F)ccc32)c1C. The van der Waals surface area contributed by atoms with Gasteiger partial charge < -0.3 is 25.5 Å². The van der Waals surface area contributed by atoms with Crippen LogP contribution in [0.3, 0.4) is 0 Å². The Morgan fingerprint density at radius 3 is 2.55 bits per heavy atom. The first kappa shape index (κ1) is 28.1. The smallest absolute Gasteiger partial charge is 0.326 e. The van der Waals surface area contributed by atoms with Crippen molar-refractivity contribution in [1.29, 1.82) is 0 Å². The summed E-state index contributed by atoms with van der Waals surface area (Å²) in [5.41, 5.74) is 4.83. The number of carboxylic acids is 1. The van der Waals surface area contributed by atoms with Gasteiger partial charge in [-0.2, -0.15) is 0 Å². The van der Waals surface area contributed by atoms with Crippen LogP contribution in [-0.4, -0.2) is 41.0 Å². The summed E-state index contributed by atoms with van der Waals surface area (Å²) in [6, 6.07) is 7.55. The minimum absolute atomic E-state index is 0.0132. The number of carboxylic acid groups (broad SMARTS) is 1. The topological polar surface area (TPSA) is 150 Å². The van der Waals surface area contributed by atoms with E-state index in [9.17, 15) is 28.7 Å². The summed E-state index contributed by atoms with van der Waals surface area (Å²) in [4.78, 5) is 52.2. The average Bonchev–Trinajstić information content (AvgIpc) is 3.35. The standard InChI is InChI=1S/C29H29FN4O6/c1-5-16(10-25(35)36)26-14(2)23(31-15(26)3)13-21-19-8-6-17(11-24(19)33-28(21)38)32-29(39)34-27(37)20-9-7-18(40-4)12-22(20)30/h6-9,11-13,16,31H,5,10H2,1-4H3,(H,33,38)(H,35,36)(H2,32,34,37,39)/b21-13-. The van der Waals surface area contributed by atoms with E-state index in [4.69, 9.17) is 4.74 Å². The number of aromatic amines is 1. The molecule has 1 unspecified atom stereocenters. The number of urea groups is 1. The van der Waals surface area contributed by atoms with E-state index in [1.165, 1.54) is 19.2 Å². The van der Waals surface area contributed by atoms with Crippen molar-refractivity contribution in [3.8, 4) is 5.75 Å². The van der Waals surface area contributed by atoms with E-state index in [0.29, 0.717) is 34.6 Å². The number of hydrogen-bond donors (Lipinski definition) is 5. The number of amides is 4. The average molecular weight is 549 g/mol. The number of fused-ring (bicyclic) bond motifs is 1. The van der Waals surface area contributed by atoms with Crippen LogP contribution in [-0.2, 0) is 9.59 Å². The molecule has 0 radical (unpaired) electrons. The number of halogens is 1. The lowest BCUT2D eigenvalue weighted by atomic mass is 9.90. The second-order valence-corrected chi connectivity index (χ2v) is 9.43. The number of benzene rings is 2. The lowest BCUT2D eigenvalue weighted by Gasteiger charge is -2.14. The molecule has 3 aromatic rings. The molecule has 0 spiro atoms. The molecule has 2 heterocycles. The summed E-state index contributed by atoms with van der Waals surface area (Å²) < 4.78 is 19.1. The second-order valence-electron chi connectivity index (χ2n) is 9.43. The van der Waals surface area contributed by atoms with Crippen molar-refractivity contribution in [2.24, 2.45) is 0 Å². The van der Waals surface area contributed by atoms with Gasteiger partial charge in [-0.15, -0.1) is 0 Å². The highest BCUT2D eigenvalue weighted by atomic mass is 19.1. The number of anilines is 2. The van der Waals surface area contributed by atoms with Crippen LogP contribution in [0.15, 0.2) is 36.4 Å². The molecule has 0 saturated carbocycles. The Morgan fingerprint density at radius 1 is 1.15 bits per heavy atom. The van der Waals surface area contributed by atoms with Crippen LogP contribution in [0.1, 0.15) is 64.1 Å². The fraction of sp³-hybridized carbons (Fsp3) is 0.241.